The summed E-state index contributed by atoms with van der Waals surface area (Å²) in [6.45, 7) is 0.873. The van der Waals surface area contributed by atoms with E-state index in [1.54, 1.807) is 0 Å². The Balaban J connectivity index is 1.54. The Morgan fingerprint density at radius 1 is 0.706 bits per heavy atom. The number of rotatable bonds is 1. The lowest BCUT2D eigenvalue weighted by Gasteiger charge is -2.29. The van der Waals surface area contributed by atoms with Crippen molar-refractivity contribution in [1.29, 1.82) is 0 Å². The molecular weight excluding hydrogens is 430 g/mol. The summed E-state index contributed by atoms with van der Waals surface area (Å²) < 4.78 is 1.37. The monoisotopic (exact) mass is 451 g/mol. The van der Waals surface area contributed by atoms with Gasteiger partial charge in [-0.15, -0.1) is 11.3 Å². The minimum absolute atomic E-state index is 0.269. The molecule has 34 heavy (non-hydrogen) atoms. The SMILES string of the molecule is C1=CC(c2ccc3c(c2)C2(c4ccccc4-3)c3ccccc3-c3c2sc2ccccc32)=CCN1. The number of dihydropyridines is 1. The lowest BCUT2D eigenvalue weighted by Crippen LogP contribution is -2.25. The largest absolute Gasteiger partial charge is 0.387 e. The zero-order valence-electron chi connectivity index (χ0n) is 18.5. The van der Waals surface area contributed by atoms with Crippen LogP contribution in [0.5, 0.6) is 0 Å². The van der Waals surface area contributed by atoms with E-state index in [0.29, 0.717) is 0 Å². The number of allylic oxidation sites excluding steroid dienone is 2. The fourth-order valence-electron chi connectivity index (χ4n) is 6.39. The molecule has 1 nitrogen and oxygen atoms in total. The molecule has 1 unspecified atom stereocenters. The molecular formula is C32H21NS. The van der Waals surface area contributed by atoms with Crippen molar-refractivity contribution in [3.05, 3.63) is 136 Å². The van der Waals surface area contributed by atoms with Crippen molar-refractivity contribution >= 4 is 27.0 Å². The van der Waals surface area contributed by atoms with Gasteiger partial charge >= 0.3 is 0 Å². The number of fused-ring (bicyclic) bond motifs is 12. The van der Waals surface area contributed by atoms with Crippen molar-refractivity contribution in [2.45, 2.75) is 5.41 Å². The van der Waals surface area contributed by atoms with Gasteiger partial charge in [-0.3, -0.25) is 0 Å². The highest BCUT2D eigenvalue weighted by Gasteiger charge is 2.53. The molecule has 1 atom stereocenters. The van der Waals surface area contributed by atoms with Crippen molar-refractivity contribution in [1.82, 2.24) is 5.32 Å². The molecule has 160 valence electrons. The van der Waals surface area contributed by atoms with Crippen molar-refractivity contribution in [3.63, 3.8) is 0 Å². The highest BCUT2D eigenvalue weighted by molar-refractivity contribution is 7.20. The Kier molecular flexibility index (Phi) is 3.59. The molecule has 8 rings (SSSR count). The molecule has 1 spiro atoms. The van der Waals surface area contributed by atoms with Gasteiger partial charge in [0.05, 0.1) is 5.41 Å². The number of hydrogen-bond acceptors (Lipinski definition) is 2. The second-order valence-corrected chi connectivity index (χ2v) is 10.4. The summed E-state index contributed by atoms with van der Waals surface area (Å²) in [6.07, 6.45) is 6.53. The Morgan fingerprint density at radius 2 is 1.44 bits per heavy atom. The number of hydrogen-bond donors (Lipinski definition) is 1. The predicted molar refractivity (Wildman–Crippen MR) is 143 cm³/mol. The van der Waals surface area contributed by atoms with Crippen LogP contribution in [0.4, 0.5) is 0 Å². The maximum atomic E-state index is 3.29. The highest BCUT2D eigenvalue weighted by atomic mass is 32.1. The second kappa shape index (κ2) is 6.59. The molecule has 2 aliphatic carbocycles. The second-order valence-electron chi connectivity index (χ2n) is 9.30. The van der Waals surface area contributed by atoms with Gasteiger partial charge in [0.25, 0.3) is 0 Å². The van der Waals surface area contributed by atoms with Gasteiger partial charge in [-0.2, -0.15) is 0 Å². The number of thiophene rings is 1. The van der Waals surface area contributed by atoms with Crippen molar-refractivity contribution in [3.8, 4) is 22.3 Å². The van der Waals surface area contributed by atoms with E-state index < -0.39 is 0 Å². The van der Waals surface area contributed by atoms with Crippen LogP contribution in [0.25, 0.3) is 37.9 Å². The van der Waals surface area contributed by atoms with Crippen LogP contribution in [0.2, 0.25) is 0 Å². The van der Waals surface area contributed by atoms with Gasteiger partial charge in [0.2, 0.25) is 0 Å². The summed E-state index contributed by atoms with van der Waals surface area (Å²) in [4.78, 5) is 1.47. The average Bonchev–Trinajstić information content (AvgIpc) is 3.52. The van der Waals surface area contributed by atoms with Gasteiger partial charge in [-0.1, -0.05) is 84.9 Å². The van der Waals surface area contributed by atoms with E-state index in [0.717, 1.165) is 6.54 Å². The fraction of sp³-hybridized carbons (Fsp3) is 0.0625. The Bertz CT molecular complexity index is 1720. The summed E-state index contributed by atoms with van der Waals surface area (Å²) in [7, 11) is 0. The zero-order valence-corrected chi connectivity index (χ0v) is 19.3. The molecule has 3 aliphatic rings. The van der Waals surface area contributed by atoms with Crippen LogP contribution in [-0.2, 0) is 5.41 Å². The Labute approximate surface area is 202 Å². The van der Waals surface area contributed by atoms with Crippen molar-refractivity contribution in [2.75, 3.05) is 6.54 Å². The standard InChI is InChI=1S/C32H21NS/c1-4-10-26-22(7-1)23-14-13-21(20-15-17-33-18-16-20)19-28(23)32(26)27-11-5-2-8-24(27)30-25-9-3-6-12-29(25)34-31(30)32/h1-17,19,33H,18H2. The molecule has 2 heterocycles. The number of benzene rings is 4. The topological polar surface area (TPSA) is 12.0 Å². The molecule has 0 amide bonds. The molecule has 5 aromatic rings. The summed E-state index contributed by atoms with van der Waals surface area (Å²) in [5.74, 6) is 0. The number of nitrogens with one attached hydrogen (secondary N) is 1. The fourth-order valence-corrected chi connectivity index (χ4v) is 7.84. The quantitative estimate of drug-likeness (QED) is 0.269. The van der Waals surface area contributed by atoms with Gasteiger partial charge in [0.15, 0.2) is 0 Å². The molecule has 0 fully saturated rings. The molecule has 4 aromatic carbocycles. The molecule has 0 bridgehead atoms. The van der Waals surface area contributed by atoms with E-state index in [1.165, 1.54) is 65.0 Å². The Morgan fingerprint density at radius 3 is 2.29 bits per heavy atom. The summed E-state index contributed by atoms with van der Waals surface area (Å²) >= 11 is 1.97. The molecule has 1 aromatic heterocycles. The van der Waals surface area contributed by atoms with Crippen LogP contribution in [0.1, 0.15) is 27.1 Å². The normalized spacial score (nSPS) is 18.9. The van der Waals surface area contributed by atoms with E-state index in [4.69, 9.17) is 0 Å². The lowest BCUT2D eigenvalue weighted by molar-refractivity contribution is 0.811. The molecule has 1 N–H and O–H groups in total. The first-order valence-corrected chi connectivity index (χ1v) is 12.7. The summed E-state index contributed by atoms with van der Waals surface area (Å²) in [5, 5.41) is 4.66. The first-order valence-electron chi connectivity index (χ1n) is 11.8. The maximum absolute atomic E-state index is 3.29. The molecule has 0 radical (unpaired) electrons. The van der Waals surface area contributed by atoms with E-state index in [-0.39, 0.29) is 5.41 Å². The first-order chi connectivity index (χ1) is 16.9. The van der Waals surface area contributed by atoms with Gasteiger partial charge in [-0.25, -0.2) is 0 Å². The van der Waals surface area contributed by atoms with Crippen molar-refractivity contribution < 1.29 is 0 Å². The molecule has 1 aliphatic heterocycles. The highest BCUT2D eigenvalue weighted by Crippen LogP contribution is 2.65. The van der Waals surface area contributed by atoms with Crippen molar-refractivity contribution in [2.24, 2.45) is 0 Å². The lowest BCUT2D eigenvalue weighted by atomic mass is 9.73. The maximum Gasteiger partial charge on any atom is 0.0819 e. The first kappa shape index (κ1) is 18.5. The van der Waals surface area contributed by atoms with E-state index in [2.05, 4.69) is 115 Å². The summed E-state index contributed by atoms with van der Waals surface area (Å²) in [6, 6.07) is 34.2. The minimum Gasteiger partial charge on any atom is -0.387 e. The third kappa shape index (κ3) is 2.15. The van der Waals surface area contributed by atoms with Crippen LogP contribution in [0, 0.1) is 0 Å². The molecule has 0 saturated carbocycles. The molecule has 0 saturated heterocycles. The molecule has 2 heteroatoms. The van der Waals surface area contributed by atoms with Gasteiger partial charge < -0.3 is 5.32 Å². The zero-order chi connectivity index (χ0) is 22.3. The third-order valence-electron chi connectivity index (χ3n) is 7.74. The van der Waals surface area contributed by atoms with Crippen LogP contribution in [0.15, 0.2) is 109 Å². The van der Waals surface area contributed by atoms with E-state index in [9.17, 15) is 0 Å². The van der Waals surface area contributed by atoms with Crippen LogP contribution < -0.4 is 5.32 Å². The smallest absolute Gasteiger partial charge is 0.0819 e. The Hall–Kier alpha value is -3.88. The summed E-state index contributed by atoms with van der Waals surface area (Å²) in [5.41, 5.74) is 12.1. The predicted octanol–water partition coefficient (Wildman–Crippen LogP) is 7.75. The van der Waals surface area contributed by atoms with Gasteiger partial charge in [0.1, 0.15) is 0 Å². The van der Waals surface area contributed by atoms with Crippen LogP contribution in [0.3, 0.4) is 0 Å². The minimum atomic E-state index is -0.269. The third-order valence-corrected chi connectivity index (χ3v) is 9.03. The average molecular weight is 452 g/mol. The van der Waals surface area contributed by atoms with Crippen LogP contribution >= 0.6 is 11.3 Å². The van der Waals surface area contributed by atoms with E-state index >= 15 is 0 Å². The van der Waals surface area contributed by atoms with Gasteiger partial charge in [-0.05, 0) is 68.9 Å². The van der Waals surface area contributed by atoms with Crippen LogP contribution in [-0.4, -0.2) is 6.54 Å². The van der Waals surface area contributed by atoms with Gasteiger partial charge in [0, 0.05) is 27.1 Å². The van der Waals surface area contributed by atoms with E-state index in [1.807, 2.05) is 11.3 Å².